The number of rotatable bonds is 6. The molecule has 0 radical (unpaired) electrons. The Morgan fingerprint density at radius 2 is 1.02 bits per heavy atom. The summed E-state index contributed by atoms with van der Waals surface area (Å²) in [5, 5.41) is 9.39. The summed E-state index contributed by atoms with van der Waals surface area (Å²) < 4.78 is 8.86. The molecular weight excluding hydrogens is 719 g/mol. The lowest BCUT2D eigenvalue weighted by Crippen LogP contribution is -2.10. The van der Waals surface area contributed by atoms with Crippen LogP contribution in [0.2, 0.25) is 0 Å². The minimum absolute atomic E-state index is 0.629. The van der Waals surface area contributed by atoms with Crippen molar-refractivity contribution in [2.24, 2.45) is 0 Å². The number of fused-ring (bicyclic) bond motifs is 9. The van der Waals surface area contributed by atoms with E-state index in [0.717, 1.165) is 61.0 Å². The minimum Gasteiger partial charge on any atom is -0.435 e. The molecule has 59 heavy (non-hydrogen) atoms. The maximum Gasteiger partial charge on any atom is 0.227 e. The Hall–Kier alpha value is -7.95. The Morgan fingerprint density at radius 1 is 0.390 bits per heavy atom. The number of oxazole rings is 1. The molecule has 0 aliphatic heterocycles. The van der Waals surface area contributed by atoms with E-state index in [1.165, 1.54) is 43.7 Å². The zero-order valence-corrected chi connectivity index (χ0v) is 32.0. The first kappa shape index (κ1) is 33.2. The SMILES string of the molecule is c1ccc(-c2nc3ccc4c5cc(N(c6ccc(-c7cccc8ccccc78)cc6)c6ccc7c(c6)c6ccccc6n7-c6ccccc6)ccc5ccc4c3o2)cc1. The van der Waals surface area contributed by atoms with Gasteiger partial charge in [-0.15, -0.1) is 0 Å². The predicted molar refractivity (Wildman–Crippen MR) is 246 cm³/mol. The Labute approximate surface area is 340 Å². The summed E-state index contributed by atoms with van der Waals surface area (Å²) >= 11 is 0. The van der Waals surface area contributed by atoms with Crippen LogP contribution in [0.1, 0.15) is 0 Å². The molecule has 12 rings (SSSR count). The molecule has 0 aliphatic rings. The number of hydrogen-bond acceptors (Lipinski definition) is 3. The molecule has 10 aromatic carbocycles. The Bertz CT molecular complexity index is 3540. The molecule has 0 saturated heterocycles. The third kappa shape index (κ3) is 5.42. The molecule has 0 spiro atoms. The largest absolute Gasteiger partial charge is 0.435 e. The summed E-state index contributed by atoms with van der Waals surface area (Å²) in [4.78, 5) is 7.26. The van der Waals surface area contributed by atoms with E-state index in [4.69, 9.17) is 9.40 Å². The van der Waals surface area contributed by atoms with Crippen LogP contribution in [0.25, 0.3) is 93.5 Å². The smallest absolute Gasteiger partial charge is 0.227 e. The van der Waals surface area contributed by atoms with E-state index in [2.05, 4.69) is 191 Å². The van der Waals surface area contributed by atoms with Crippen molar-refractivity contribution in [3.63, 3.8) is 0 Å². The van der Waals surface area contributed by atoms with Crippen molar-refractivity contribution in [1.29, 1.82) is 0 Å². The lowest BCUT2D eigenvalue weighted by atomic mass is 9.97. The predicted octanol–water partition coefficient (Wildman–Crippen LogP) is 15.2. The van der Waals surface area contributed by atoms with Gasteiger partial charge in [-0.3, -0.25) is 0 Å². The molecular formula is C55H35N3O. The molecule has 0 bridgehead atoms. The third-order valence-electron chi connectivity index (χ3n) is 11.8. The van der Waals surface area contributed by atoms with Crippen molar-refractivity contribution in [3.8, 4) is 28.3 Å². The summed E-state index contributed by atoms with van der Waals surface area (Å²) in [6.45, 7) is 0. The molecule has 4 heteroatoms. The molecule has 0 N–H and O–H groups in total. The molecule has 0 saturated carbocycles. The average Bonchev–Trinajstić information content (AvgIpc) is 3.90. The van der Waals surface area contributed by atoms with E-state index in [-0.39, 0.29) is 0 Å². The van der Waals surface area contributed by atoms with Gasteiger partial charge in [-0.2, -0.15) is 0 Å². The monoisotopic (exact) mass is 753 g/mol. The molecule has 12 aromatic rings. The van der Waals surface area contributed by atoms with Crippen molar-refractivity contribution < 1.29 is 4.42 Å². The number of para-hydroxylation sites is 2. The number of hydrogen-bond donors (Lipinski definition) is 0. The standard InChI is InChI=1S/C55H35N3O/c1-3-13-39(14-4-1)55-56-51-32-31-46-48(54(51)59-55)30-25-38-24-28-42(34-49(38)46)57(41-26-22-37(23-27-41)45-20-11-15-36-12-7-8-18-44(36)45)43-29-33-53-50(35-43)47-19-9-10-21-52(47)58(53)40-16-5-2-6-17-40/h1-35H. The minimum atomic E-state index is 0.629. The van der Waals surface area contributed by atoms with Gasteiger partial charge in [0.1, 0.15) is 5.52 Å². The van der Waals surface area contributed by atoms with Gasteiger partial charge in [-0.25, -0.2) is 4.98 Å². The van der Waals surface area contributed by atoms with Gasteiger partial charge in [-0.1, -0.05) is 127 Å². The van der Waals surface area contributed by atoms with Crippen molar-refractivity contribution in [2.75, 3.05) is 4.90 Å². The second-order valence-electron chi connectivity index (χ2n) is 15.2. The number of aromatic nitrogens is 2. The number of anilines is 3. The zero-order chi connectivity index (χ0) is 38.9. The molecule has 0 amide bonds. The van der Waals surface area contributed by atoms with Crippen LogP contribution in [0.4, 0.5) is 17.1 Å². The van der Waals surface area contributed by atoms with E-state index >= 15 is 0 Å². The second kappa shape index (κ2) is 13.3. The van der Waals surface area contributed by atoms with Crippen molar-refractivity contribution in [3.05, 3.63) is 212 Å². The highest BCUT2D eigenvalue weighted by Crippen LogP contribution is 2.43. The fourth-order valence-corrected chi connectivity index (χ4v) is 9.02. The van der Waals surface area contributed by atoms with Gasteiger partial charge in [0.05, 0.1) is 11.0 Å². The zero-order valence-electron chi connectivity index (χ0n) is 32.0. The van der Waals surface area contributed by atoms with Crippen LogP contribution in [0, 0.1) is 0 Å². The Morgan fingerprint density at radius 3 is 1.86 bits per heavy atom. The number of nitrogens with zero attached hydrogens (tertiary/aromatic N) is 3. The average molecular weight is 754 g/mol. The van der Waals surface area contributed by atoms with Crippen molar-refractivity contribution in [2.45, 2.75) is 0 Å². The summed E-state index contributed by atoms with van der Waals surface area (Å²) in [7, 11) is 0. The molecule has 276 valence electrons. The quantitative estimate of drug-likeness (QED) is 0.159. The van der Waals surface area contributed by atoms with Crippen molar-refractivity contribution in [1.82, 2.24) is 9.55 Å². The summed E-state index contributed by atoms with van der Waals surface area (Å²) in [5.41, 5.74) is 11.7. The van der Waals surface area contributed by atoms with E-state index in [1.807, 2.05) is 30.3 Å². The van der Waals surface area contributed by atoms with Crippen LogP contribution >= 0.6 is 0 Å². The highest BCUT2D eigenvalue weighted by atomic mass is 16.3. The van der Waals surface area contributed by atoms with Crippen LogP contribution in [0.15, 0.2) is 217 Å². The van der Waals surface area contributed by atoms with E-state index in [0.29, 0.717) is 5.89 Å². The highest BCUT2D eigenvalue weighted by Gasteiger charge is 2.19. The molecule has 0 atom stereocenters. The first-order valence-electron chi connectivity index (χ1n) is 20.0. The maximum atomic E-state index is 6.49. The van der Waals surface area contributed by atoms with Gasteiger partial charge in [-0.05, 0) is 123 Å². The van der Waals surface area contributed by atoms with Gasteiger partial charge in [0, 0.05) is 44.5 Å². The van der Waals surface area contributed by atoms with Crippen LogP contribution in [-0.2, 0) is 0 Å². The van der Waals surface area contributed by atoms with Crippen LogP contribution in [0.3, 0.4) is 0 Å². The normalized spacial score (nSPS) is 11.7. The van der Waals surface area contributed by atoms with Crippen LogP contribution in [-0.4, -0.2) is 9.55 Å². The summed E-state index contributed by atoms with van der Waals surface area (Å²) in [5.74, 6) is 0.629. The molecule has 0 fully saturated rings. The first-order chi connectivity index (χ1) is 29.2. The van der Waals surface area contributed by atoms with Gasteiger partial charge >= 0.3 is 0 Å². The maximum absolute atomic E-state index is 6.49. The van der Waals surface area contributed by atoms with Gasteiger partial charge in [0.2, 0.25) is 5.89 Å². The fraction of sp³-hybridized carbons (Fsp3) is 0. The molecule has 2 heterocycles. The summed E-state index contributed by atoms with van der Waals surface area (Å²) in [6, 6.07) is 76.0. The van der Waals surface area contributed by atoms with Crippen molar-refractivity contribution >= 4 is 82.3 Å². The highest BCUT2D eigenvalue weighted by molar-refractivity contribution is 6.16. The molecule has 0 aliphatic carbocycles. The van der Waals surface area contributed by atoms with Gasteiger partial charge in [0.15, 0.2) is 5.58 Å². The van der Waals surface area contributed by atoms with E-state index in [1.54, 1.807) is 0 Å². The van der Waals surface area contributed by atoms with Gasteiger partial charge in [0.25, 0.3) is 0 Å². The first-order valence-corrected chi connectivity index (χ1v) is 20.0. The fourth-order valence-electron chi connectivity index (χ4n) is 9.02. The van der Waals surface area contributed by atoms with Crippen LogP contribution in [0.5, 0.6) is 0 Å². The molecule has 2 aromatic heterocycles. The topological polar surface area (TPSA) is 34.2 Å². The number of benzene rings is 10. The third-order valence-corrected chi connectivity index (χ3v) is 11.8. The summed E-state index contributed by atoms with van der Waals surface area (Å²) in [6.07, 6.45) is 0. The van der Waals surface area contributed by atoms with E-state index in [9.17, 15) is 0 Å². The second-order valence-corrected chi connectivity index (χ2v) is 15.2. The molecule has 4 nitrogen and oxygen atoms in total. The van der Waals surface area contributed by atoms with Gasteiger partial charge < -0.3 is 13.9 Å². The Balaban J connectivity index is 1.06. The lowest BCUT2D eigenvalue weighted by molar-refractivity contribution is 0.623. The Kier molecular flexibility index (Phi) is 7.50. The van der Waals surface area contributed by atoms with Crippen LogP contribution < -0.4 is 4.90 Å². The van der Waals surface area contributed by atoms with E-state index < -0.39 is 0 Å². The molecule has 0 unspecified atom stereocenters. The lowest BCUT2D eigenvalue weighted by Gasteiger charge is -2.26.